The van der Waals surface area contributed by atoms with Crippen LogP contribution >= 0.6 is 11.8 Å². The predicted molar refractivity (Wildman–Crippen MR) is 79.5 cm³/mol. The van der Waals surface area contributed by atoms with Gasteiger partial charge in [-0.2, -0.15) is 11.8 Å². The van der Waals surface area contributed by atoms with E-state index in [0.29, 0.717) is 11.3 Å². The summed E-state index contributed by atoms with van der Waals surface area (Å²) < 4.78 is 5.23. The van der Waals surface area contributed by atoms with Crippen LogP contribution in [0.1, 0.15) is 37.8 Å². The Balaban J connectivity index is 2.11. The second-order valence-electron chi connectivity index (χ2n) is 4.71. The number of ether oxygens (including phenoxy) is 1. The van der Waals surface area contributed by atoms with Crippen LogP contribution in [0.5, 0.6) is 5.75 Å². The minimum Gasteiger partial charge on any atom is -0.497 e. The average Bonchev–Trinajstić information content (AvgIpc) is 2.46. The van der Waals surface area contributed by atoms with Crippen molar-refractivity contribution in [2.75, 3.05) is 19.4 Å². The predicted octanol–water partition coefficient (Wildman–Crippen LogP) is 3.63. The van der Waals surface area contributed by atoms with Gasteiger partial charge >= 0.3 is 0 Å². The number of rotatable bonds is 5. The molecule has 0 spiro atoms. The quantitative estimate of drug-likeness (QED) is 0.878. The van der Waals surface area contributed by atoms with E-state index < -0.39 is 0 Å². The zero-order valence-corrected chi connectivity index (χ0v) is 12.1. The molecule has 0 amide bonds. The number of hydrogen-bond donors (Lipinski definition) is 1. The first-order valence-electron chi connectivity index (χ1n) is 6.84. The minimum absolute atomic E-state index is 0.478. The van der Waals surface area contributed by atoms with Gasteiger partial charge in [0.1, 0.15) is 5.75 Å². The summed E-state index contributed by atoms with van der Waals surface area (Å²) in [7, 11) is 1.72. The maximum absolute atomic E-state index is 5.23. The Labute approximate surface area is 114 Å². The highest BCUT2D eigenvalue weighted by molar-refractivity contribution is 8.00. The maximum Gasteiger partial charge on any atom is 0.118 e. The van der Waals surface area contributed by atoms with Gasteiger partial charge < -0.3 is 10.1 Å². The molecule has 0 aliphatic carbocycles. The minimum atomic E-state index is 0.478. The summed E-state index contributed by atoms with van der Waals surface area (Å²) in [5.41, 5.74) is 1.39. The van der Waals surface area contributed by atoms with E-state index in [1.54, 1.807) is 7.11 Å². The second-order valence-corrected chi connectivity index (χ2v) is 6.06. The molecule has 1 aromatic carbocycles. The number of benzene rings is 1. The normalized spacial score (nSPS) is 21.6. The lowest BCUT2D eigenvalue weighted by Crippen LogP contribution is -2.31. The Kier molecular flexibility index (Phi) is 5.39. The molecule has 1 aliphatic heterocycles. The first kappa shape index (κ1) is 13.8. The summed E-state index contributed by atoms with van der Waals surface area (Å²) >= 11 is 2.12. The van der Waals surface area contributed by atoms with Gasteiger partial charge in [0.25, 0.3) is 0 Å². The van der Waals surface area contributed by atoms with Crippen molar-refractivity contribution in [3.05, 3.63) is 29.8 Å². The smallest absolute Gasteiger partial charge is 0.118 e. The molecule has 0 radical (unpaired) electrons. The lowest BCUT2D eigenvalue weighted by atomic mass is 9.99. The highest BCUT2D eigenvalue weighted by atomic mass is 32.2. The Morgan fingerprint density at radius 2 is 2.11 bits per heavy atom. The van der Waals surface area contributed by atoms with Gasteiger partial charge in [-0.3, -0.25) is 0 Å². The van der Waals surface area contributed by atoms with Crippen LogP contribution in [-0.4, -0.2) is 24.7 Å². The molecule has 0 aromatic heterocycles. The van der Waals surface area contributed by atoms with Gasteiger partial charge in [-0.25, -0.2) is 0 Å². The van der Waals surface area contributed by atoms with Gasteiger partial charge in [-0.1, -0.05) is 25.5 Å². The molecule has 2 nitrogen and oxygen atoms in total. The summed E-state index contributed by atoms with van der Waals surface area (Å²) in [5.74, 6) is 2.24. The topological polar surface area (TPSA) is 21.3 Å². The first-order valence-corrected chi connectivity index (χ1v) is 7.89. The summed E-state index contributed by atoms with van der Waals surface area (Å²) in [6, 6.07) is 8.99. The zero-order valence-electron chi connectivity index (χ0n) is 11.3. The van der Waals surface area contributed by atoms with Crippen LogP contribution in [0.25, 0.3) is 0 Å². The van der Waals surface area contributed by atoms with Gasteiger partial charge in [0.15, 0.2) is 0 Å². The largest absolute Gasteiger partial charge is 0.497 e. The van der Waals surface area contributed by atoms with Crippen LogP contribution < -0.4 is 10.1 Å². The van der Waals surface area contributed by atoms with Crippen molar-refractivity contribution < 1.29 is 4.74 Å². The third-order valence-electron chi connectivity index (χ3n) is 3.49. The van der Waals surface area contributed by atoms with Crippen molar-refractivity contribution in [2.24, 2.45) is 0 Å². The Morgan fingerprint density at radius 1 is 1.33 bits per heavy atom. The van der Waals surface area contributed by atoms with E-state index >= 15 is 0 Å². The number of hydrogen-bond acceptors (Lipinski definition) is 3. The van der Waals surface area contributed by atoms with E-state index in [0.717, 1.165) is 12.3 Å². The Bertz CT molecular complexity index is 346. The Hall–Kier alpha value is -0.670. The first-order chi connectivity index (χ1) is 8.85. The van der Waals surface area contributed by atoms with Crippen molar-refractivity contribution in [1.82, 2.24) is 5.32 Å². The molecule has 0 saturated carbocycles. The van der Waals surface area contributed by atoms with Crippen LogP contribution in [0.2, 0.25) is 0 Å². The molecule has 2 atom stereocenters. The standard InChI is InChI=1S/C15H23NOS/c1-3-16-15(14-6-4-5-11-18-14)12-7-9-13(17-2)10-8-12/h7-10,14-16H,3-6,11H2,1-2H3. The zero-order chi connectivity index (χ0) is 12.8. The maximum atomic E-state index is 5.23. The van der Waals surface area contributed by atoms with E-state index in [2.05, 4.69) is 48.3 Å². The highest BCUT2D eigenvalue weighted by Gasteiger charge is 2.24. The van der Waals surface area contributed by atoms with Gasteiger partial charge in [0, 0.05) is 11.3 Å². The van der Waals surface area contributed by atoms with Gasteiger partial charge in [-0.05, 0) is 42.8 Å². The molecule has 1 heterocycles. The molecule has 2 unspecified atom stereocenters. The number of nitrogens with one attached hydrogen (secondary N) is 1. The lowest BCUT2D eigenvalue weighted by Gasteiger charge is -2.30. The van der Waals surface area contributed by atoms with Crippen LogP contribution in [-0.2, 0) is 0 Å². The summed E-state index contributed by atoms with van der Waals surface area (Å²) in [4.78, 5) is 0. The molecule has 1 saturated heterocycles. The molecular weight excluding hydrogens is 242 g/mol. The molecule has 100 valence electrons. The van der Waals surface area contributed by atoms with E-state index in [4.69, 9.17) is 4.74 Å². The fourth-order valence-electron chi connectivity index (χ4n) is 2.52. The molecule has 1 aliphatic rings. The molecule has 1 N–H and O–H groups in total. The highest BCUT2D eigenvalue weighted by Crippen LogP contribution is 2.35. The van der Waals surface area contributed by atoms with Crippen molar-refractivity contribution >= 4 is 11.8 Å². The summed E-state index contributed by atoms with van der Waals surface area (Å²) in [5, 5.41) is 4.36. The van der Waals surface area contributed by atoms with E-state index in [1.165, 1.54) is 30.6 Å². The molecule has 18 heavy (non-hydrogen) atoms. The van der Waals surface area contributed by atoms with Crippen molar-refractivity contribution in [3.63, 3.8) is 0 Å². The molecule has 2 rings (SSSR count). The summed E-state index contributed by atoms with van der Waals surface area (Å²) in [6.07, 6.45) is 4.08. The molecule has 3 heteroatoms. The van der Waals surface area contributed by atoms with E-state index in [9.17, 15) is 0 Å². The fraction of sp³-hybridized carbons (Fsp3) is 0.600. The van der Waals surface area contributed by atoms with Gasteiger partial charge in [0.05, 0.1) is 7.11 Å². The fourth-order valence-corrected chi connectivity index (χ4v) is 3.98. The second kappa shape index (κ2) is 7.05. The van der Waals surface area contributed by atoms with Crippen molar-refractivity contribution in [2.45, 2.75) is 37.5 Å². The van der Waals surface area contributed by atoms with Crippen LogP contribution in [0.3, 0.4) is 0 Å². The van der Waals surface area contributed by atoms with Crippen molar-refractivity contribution in [3.8, 4) is 5.75 Å². The van der Waals surface area contributed by atoms with Crippen LogP contribution in [0, 0.1) is 0 Å². The van der Waals surface area contributed by atoms with E-state index in [-0.39, 0.29) is 0 Å². The number of methoxy groups -OCH3 is 1. The lowest BCUT2D eigenvalue weighted by molar-refractivity contribution is 0.414. The molecular formula is C15H23NOS. The monoisotopic (exact) mass is 265 g/mol. The SMILES string of the molecule is CCNC(c1ccc(OC)cc1)C1CCCCS1. The average molecular weight is 265 g/mol. The molecule has 1 aromatic rings. The molecule has 1 fully saturated rings. The third kappa shape index (κ3) is 3.42. The Morgan fingerprint density at radius 3 is 2.67 bits per heavy atom. The number of thioether (sulfide) groups is 1. The van der Waals surface area contributed by atoms with Crippen LogP contribution in [0.15, 0.2) is 24.3 Å². The third-order valence-corrected chi connectivity index (χ3v) is 4.95. The molecule has 0 bridgehead atoms. The van der Waals surface area contributed by atoms with E-state index in [1.807, 2.05) is 0 Å². The van der Waals surface area contributed by atoms with Crippen molar-refractivity contribution in [1.29, 1.82) is 0 Å². The van der Waals surface area contributed by atoms with Gasteiger partial charge in [-0.15, -0.1) is 0 Å². The van der Waals surface area contributed by atoms with Crippen LogP contribution in [0.4, 0.5) is 0 Å². The summed E-state index contributed by atoms with van der Waals surface area (Å²) in [6.45, 7) is 3.21. The van der Waals surface area contributed by atoms with Gasteiger partial charge in [0.2, 0.25) is 0 Å².